The molecule has 0 aliphatic heterocycles. The summed E-state index contributed by atoms with van der Waals surface area (Å²) in [4.78, 5) is 0. The van der Waals surface area contributed by atoms with E-state index in [2.05, 4.69) is 39.7 Å². The molecule has 2 atom stereocenters. The van der Waals surface area contributed by atoms with Crippen molar-refractivity contribution < 1.29 is 4.55 Å². The summed E-state index contributed by atoms with van der Waals surface area (Å²) < 4.78 is 15.9. The van der Waals surface area contributed by atoms with Gasteiger partial charge in [0.15, 0.2) is 0 Å². The summed E-state index contributed by atoms with van der Waals surface area (Å²) in [5.74, 6) is 0. The largest absolute Gasteiger partial charge is 0.598 e. The summed E-state index contributed by atoms with van der Waals surface area (Å²) in [6.45, 7) is 7.99. The van der Waals surface area contributed by atoms with Crippen LogP contribution in [0.15, 0.2) is 28.7 Å². The number of halogens is 1. The van der Waals surface area contributed by atoms with Gasteiger partial charge in [0.1, 0.15) is 4.75 Å². The Morgan fingerprint density at radius 3 is 2.29 bits per heavy atom. The zero-order chi connectivity index (χ0) is 13.1. The molecular weight excluding hydrogens is 298 g/mol. The molecule has 0 radical (unpaired) electrons. The molecule has 2 nitrogen and oxygen atoms in total. The van der Waals surface area contributed by atoms with E-state index in [1.165, 1.54) is 5.56 Å². The predicted octanol–water partition coefficient (Wildman–Crippen LogP) is 3.43. The lowest BCUT2D eigenvalue weighted by atomic mass is 10.1. The summed E-state index contributed by atoms with van der Waals surface area (Å²) in [5, 5.41) is 0. The lowest BCUT2D eigenvalue weighted by Gasteiger charge is -2.26. The van der Waals surface area contributed by atoms with Crippen LogP contribution >= 0.6 is 15.9 Å². The monoisotopic (exact) mass is 317 g/mol. The first-order valence-corrected chi connectivity index (χ1v) is 7.66. The molecule has 1 unspecified atom stereocenters. The zero-order valence-corrected chi connectivity index (χ0v) is 13.2. The van der Waals surface area contributed by atoms with Crippen LogP contribution in [-0.2, 0) is 17.8 Å². The van der Waals surface area contributed by atoms with Crippen molar-refractivity contribution in [3.63, 3.8) is 0 Å². The Morgan fingerprint density at radius 2 is 1.82 bits per heavy atom. The fraction of sp³-hybridized carbons (Fsp3) is 0.538. The first kappa shape index (κ1) is 15.0. The van der Waals surface area contributed by atoms with Gasteiger partial charge in [0.05, 0.1) is 6.04 Å². The molecular formula is C13H20BrNOS. The number of benzene rings is 1. The van der Waals surface area contributed by atoms with Gasteiger partial charge in [-0.05, 0) is 51.8 Å². The molecule has 1 N–H and O–H groups in total. The summed E-state index contributed by atoms with van der Waals surface area (Å²) >= 11 is 2.41. The normalized spacial score (nSPS) is 15.6. The first-order valence-electron chi connectivity index (χ1n) is 5.71. The third-order valence-corrected chi connectivity index (χ3v) is 4.58. The van der Waals surface area contributed by atoms with Crippen molar-refractivity contribution in [3.8, 4) is 0 Å². The molecule has 0 aromatic heterocycles. The van der Waals surface area contributed by atoms with Crippen LogP contribution in [0.4, 0.5) is 0 Å². The van der Waals surface area contributed by atoms with Crippen molar-refractivity contribution in [1.29, 1.82) is 0 Å². The van der Waals surface area contributed by atoms with E-state index in [-0.39, 0.29) is 10.8 Å². The molecule has 1 rings (SSSR count). The van der Waals surface area contributed by atoms with Crippen LogP contribution in [0, 0.1) is 0 Å². The minimum Gasteiger partial charge on any atom is -0.598 e. The van der Waals surface area contributed by atoms with E-state index in [4.69, 9.17) is 0 Å². The molecule has 17 heavy (non-hydrogen) atoms. The smallest absolute Gasteiger partial charge is 0.136 e. The van der Waals surface area contributed by atoms with Gasteiger partial charge >= 0.3 is 0 Å². The van der Waals surface area contributed by atoms with Gasteiger partial charge in [-0.25, -0.2) is 0 Å². The molecule has 0 bridgehead atoms. The van der Waals surface area contributed by atoms with E-state index >= 15 is 0 Å². The maximum absolute atomic E-state index is 11.9. The molecule has 0 heterocycles. The minimum absolute atomic E-state index is 0.205. The molecule has 0 fully saturated rings. The maximum atomic E-state index is 11.9. The molecule has 96 valence electrons. The Hall–Kier alpha value is -0.0300. The van der Waals surface area contributed by atoms with Gasteiger partial charge in [-0.1, -0.05) is 28.1 Å². The summed E-state index contributed by atoms with van der Waals surface area (Å²) in [5.41, 5.74) is 1.25. The number of hydrogen-bond acceptors (Lipinski definition) is 2. The van der Waals surface area contributed by atoms with E-state index in [0.29, 0.717) is 0 Å². The van der Waals surface area contributed by atoms with E-state index in [1.807, 2.05) is 32.9 Å². The van der Waals surface area contributed by atoms with Crippen molar-refractivity contribution >= 4 is 27.3 Å². The zero-order valence-electron chi connectivity index (χ0n) is 10.8. The highest BCUT2D eigenvalue weighted by atomic mass is 79.9. The van der Waals surface area contributed by atoms with Gasteiger partial charge in [-0.3, -0.25) is 0 Å². The molecule has 1 aromatic carbocycles. The average molecular weight is 318 g/mol. The Bertz CT molecular complexity index is 347. The highest BCUT2D eigenvalue weighted by Gasteiger charge is 2.27. The van der Waals surface area contributed by atoms with Crippen molar-refractivity contribution in [2.45, 2.75) is 44.9 Å². The van der Waals surface area contributed by atoms with Crippen LogP contribution in [0.25, 0.3) is 0 Å². The Kier molecular flexibility index (Phi) is 5.51. The number of rotatable bonds is 4. The second-order valence-corrected chi connectivity index (χ2v) is 8.14. The molecule has 0 saturated heterocycles. The van der Waals surface area contributed by atoms with E-state index in [9.17, 15) is 4.55 Å². The molecule has 0 saturated carbocycles. The van der Waals surface area contributed by atoms with Crippen molar-refractivity contribution in [3.05, 3.63) is 34.3 Å². The standard InChI is InChI=1S/C13H20BrNOS/c1-10(15-17(16)13(2,3)4)9-11-5-7-12(14)8-6-11/h5-8,10,15H,9H2,1-4H3/t10?,17-/m0/s1. The number of nitrogens with one attached hydrogen (secondary N) is 1. The minimum atomic E-state index is -1.00. The topological polar surface area (TPSA) is 35.1 Å². The van der Waals surface area contributed by atoms with Crippen LogP contribution in [0.5, 0.6) is 0 Å². The van der Waals surface area contributed by atoms with Crippen LogP contribution in [-0.4, -0.2) is 15.3 Å². The van der Waals surface area contributed by atoms with E-state index in [0.717, 1.165) is 10.9 Å². The summed E-state index contributed by atoms with van der Waals surface area (Å²) in [6.07, 6.45) is 0.884. The van der Waals surface area contributed by atoms with Crippen molar-refractivity contribution in [2.24, 2.45) is 0 Å². The fourth-order valence-corrected chi connectivity index (χ4v) is 2.44. The SMILES string of the molecule is CC(Cc1ccc(Br)cc1)N[S@@+]([O-])C(C)(C)C. The predicted molar refractivity (Wildman–Crippen MR) is 78.3 cm³/mol. The third-order valence-electron chi connectivity index (χ3n) is 2.32. The third kappa shape index (κ3) is 5.42. The second kappa shape index (κ2) is 6.23. The highest BCUT2D eigenvalue weighted by Crippen LogP contribution is 2.16. The molecule has 0 aliphatic rings. The van der Waals surface area contributed by atoms with Crippen LogP contribution in [0.3, 0.4) is 0 Å². The first-order chi connectivity index (χ1) is 7.79. The van der Waals surface area contributed by atoms with Crippen molar-refractivity contribution in [2.75, 3.05) is 0 Å². The fourth-order valence-electron chi connectivity index (χ4n) is 1.38. The van der Waals surface area contributed by atoms with Crippen molar-refractivity contribution in [1.82, 2.24) is 4.72 Å². The summed E-state index contributed by atoms with van der Waals surface area (Å²) in [7, 11) is 0. The van der Waals surface area contributed by atoms with Crippen LogP contribution in [0.2, 0.25) is 0 Å². The van der Waals surface area contributed by atoms with Crippen LogP contribution < -0.4 is 4.72 Å². The molecule has 0 aliphatic carbocycles. The number of hydrogen-bond donors (Lipinski definition) is 1. The molecule has 0 spiro atoms. The maximum Gasteiger partial charge on any atom is 0.136 e. The van der Waals surface area contributed by atoms with Crippen LogP contribution in [0.1, 0.15) is 33.3 Å². The average Bonchev–Trinajstić information content (AvgIpc) is 2.20. The van der Waals surface area contributed by atoms with E-state index in [1.54, 1.807) is 0 Å². The second-order valence-electron chi connectivity index (χ2n) is 5.23. The quantitative estimate of drug-likeness (QED) is 0.863. The van der Waals surface area contributed by atoms with Gasteiger partial charge in [-0.2, -0.15) is 0 Å². The Morgan fingerprint density at radius 1 is 1.29 bits per heavy atom. The van der Waals surface area contributed by atoms with Gasteiger partial charge < -0.3 is 4.55 Å². The van der Waals surface area contributed by atoms with Gasteiger partial charge in [0.25, 0.3) is 0 Å². The Labute approximate surface area is 116 Å². The van der Waals surface area contributed by atoms with Gasteiger partial charge in [0, 0.05) is 15.8 Å². The lowest BCUT2D eigenvalue weighted by molar-refractivity contribution is 0.526. The highest BCUT2D eigenvalue weighted by molar-refractivity contribution is 9.10. The van der Waals surface area contributed by atoms with Gasteiger partial charge in [-0.15, -0.1) is 4.72 Å². The summed E-state index contributed by atoms with van der Waals surface area (Å²) in [6, 6.07) is 8.44. The van der Waals surface area contributed by atoms with Gasteiger partial charge in [0.2, 0.25) is 0 Å². The lowest BCUT2D eigenvalue weighted by Crippen LogP contribution is -2.44. The molecule has 1 aromatic rings. The molecule has 4 heteroatoms. The molecule has 0 amide bonds. The van der Waals surface area contributed by atoms with E-state index < -0.39 is 11.4 Å². The Balaban J connectivity index is 2.50.